The lowest BCUT2D eigenvalue weighted by atomic mass is 10.1. The van der Waals surface area contributed by atoms with Gasteiger partial charge in [-0.3, -0.25) is 0 Å². The molecule has 0 fully saturated rings. The highest BCUT2D eigenvalue weighted by Gasteiger charge is 2.03. The van der Waals surface area contributed by atoms with Gasteiger partial charge in [0.25, 0.3) is 6.73 Å². The largest absolute Gasteiger partial charge is 1.00 e. The van der Waals surface area contributed by atoms with Gasteiger partial charge in [-0.25, -0.2) is 0 Å². The first-order valence-electron chi connectivity index (χ1n) is 9.48. The molecule has 0 radical (unpaired) electrons. The number of nitrogens with zero attached hydrogens (tertiary/aromatic N) is 2. The normalized spacial score (nSPS) is 10.5. The summed E-state index contributed by atoms with van der Waals surface area (Å²) in [5, 5.41) is 0. The van der Waals surface area contributed by atoms with E-state index in [1.54, 1.807) is 0 Å². The number of pyridine rings is 1. The number of hydrogen-bond acceptors (Lipinski definition) is 2. The summed E-state index contributed by atoms with van der Waals surface area (Å²) in [6.07, 6.45) is 17.9. The predicted octanol–water partition coefficient (Wildman–Crippen LogP) is 1.94. The Morgan fingerprint density at radius 1 is 0.917 bits per heavy atom. The summed E-state index contributed by atoms with van der Waals surface area (Å²) in [5.41, 5.74) is 1.20. The van der Waals surface area contributed by atoms with Gasteiger partial charge in [0.1, 0.15) is 5.69 Å². The summed E-state index contributed by atoms with van der Waals surface area (Å²) in [4.78, 5) is 2.11. The standard InChI is InChI=1S/C20H37N2O.ClH/c1-4-5-6-7-8-9-10-11-12-13-17-23-19-22-16-14-15-20(18-22)21(2)3;/h14-16,18H,4-13,17,19H2,1-3H3;1H/q+1;/p-1. The third-order valence-electron chi connectivity index (χ3n) is 4.24. The van der Waals surface area contributed by atoms with Crippen molar-refractivity contribution in [1.82, 2.24) is 0 Å². The van der Waals surface area contributed by atoms with E-state index in [1.807, 2.05) is 0 Å². The van der Waals surface area contributed by atoms with E-state index in [4.69, 9.17) is 4.74 Å². The Labute approximate surface area is 155 Å². The lowest BCUT2D eigenvalue weighted by Crippen LogP contribution is -3.00. The topological polar surface area (TPSA) is 16.4 Å². The van der Waals surface area contributed by atoms with E-state index in [9.17, 15) is 0 Å². The molecule has 1 aromatic rings. The molecule has 0 saturated carbocycles. The Morgan fingerprint density at radius 3 is 2.08 bits per heavy atom. The van der Waals surface area contributed by atoms with E-state index in [1.165, 1.54) is 69.9 Å². The SMILES string of the molecule is CCCCCCCCCCCCOC[n+]1cccc(N(C)C)c1.[Cl-]. The molecule has 0 atom stereocenters. The van der Waals surface area contributed by atoms with Crippen molar-refractivity contribution in [2.75, 3.05) is 25.6 Å². The molecular weight excluding hydrogens is 320 g/mol. The maximum absolute atomic E-state index is 5.77. The van der Waals surface area contributed by atoms with Crippen LogP contribution in [0, 0.1) is 0 Å². The van der Waals surface area contributed by atoms with Gasteiger partial charge >= 0.3 is 0 Å². The van der Waals surface area contributed by atoms with Gasteiger partial charge in [0.15, 0.2) is 12.4 Å². The van der Waals surface area contributed by atoms with E-state index in [0.29, 0.717) is 6.73 Å². The molecule has 0 spiro atoms. The van der Waals surface area contributed by atoms with Crippen LogP contribution in [0.5, 0.6) is 0 Å². The van der Waals surface area contributed by atoms with Crippen LogP contribution in [0.4, 0.5) is 5.69 Å². The van der Waals surface area contributed by atoms with Crippen LogP contribution in [-0.2, 0) is 11.5 Å². The fourth-order valence-electron chi connectivity index (χ4n) is 2.71. The second-order valence-electron chi connectivity index (χ2n) is 6.69. The molecule has 0 aromatic carbocycles. The zero-order chi connectivity index (χ0) is 16.8. The minimum Gasteiger partial charge on any atom is -1.00 e. The van der Waals surface area contributed by atoms with E-state index in [0.717, 1.165) is 6.61 Å². The van der Waals surface area contributed by atoms with Gasteiger partial charge in [-0.2, -0.15) is 4.57 Å². The Kier molecular flexibility index (Phi) is 15.2. The Hall–Kier alpha value is -0.800. The molecule has 0 aliphatic rings. The summed E-state index contributed by atoms with van der Waals surface area (Å²) in [6, 6.07) is 4.18. The van der Waals surface area contributed by atoms with E-state index in [2.05, 4.69) is 55.0 Å². The van der Waals surface area contributed by atoms with Crippen molar-refractivity contribution in [3.05, 3.63) is 24.5 Å². The van der Waals surface area contributed by atoms with Gasteiger partial charge in [0.2, 0.25) is 0 Å². The summed E-state index contributed by atoms with van der Waals surface area (Å²) >= 11 is 0. The second-order valence-corrected chi connectivity index (χ2v) is 6.69. The number of aromatic nitrogens is 1. The molecule has 0 saturated heterocycles. The van der Waals surface area contributed by atoms with Gasteiger partial charge < -0.3 is 22.0 Å². The Bertz CT molecular complexity index is 399. The Balaban J connectivity index is 0.00000529. The molecule has 0 N–H and O–H groups in total. The second kappa shape index (κ2) is 15.7. The average molecular weight is 357 g/mol. The van der Waals surface area contributed by atoms with Crippen LogP contribution in [0.15, 0.2) is 24.5 Å². The van der Waals surface area contributed by atoms with Crippen molar-refractivity contribution < 1.29 is 21.7 Å². The maximum Gasteiger partial charge on any atom is 0.252 e. The minimum absolute atomic E-state index is 0. The highest BCUT2D eigenvalue weighted by atomic mass is 35.5. The van der Waals surface area contributed by atoms with E-state index < -0.39 is 0 Å². The van der Waals surface area contributed by atoms with Crippen LogP contribution >= 0.6 is 0 Å². The highest BCUT2D eigenvalue weighted by Crippen LogP contribution is 2.10. The van der Waals surface area contributed by atoms with Crippen LogP contribution in [0.1, 0.15) is 71.1 Å². The van der Waals surface area contributed by atoms with Gasteiger partial charge in [-0.1, -0.05) is 64.7 Å². The number of anilines is 1. The number of ether oxygens (including phenoxy) is 1. The molecule has 3 nitrogen and oxygen atoms in total. The van der Waals surface area contributed by atoms with Crippen molar-refractivity contribution in [2.45, 2.75) is 77.9 Å². The molecule has 0 amide bonds. The first-order chi connectivity index (χ1) is 11.2. The third-order valence-corrected chi connectivity index (χ3v) is 4.24. The summed E-state index contributed by atoms with van der Waals surface area (Å²) in [5.74, 6) is 0. The molecule has 0 aliphatic heterocycles. The molecule has 1 heterocycles. The van der Waals surface area contributed by atoms with Crippen LogP contribution in [0.3, 0.4) is 0 Å². The first-order valence-corrected chi connectivity index (χ1v) is 9.48. The smallest absolute Gasteiger partial charge is 0.252 e. The zero-order valence-electron chi connectivity index (χ0n) is 16.0. The molecule has 24 heavy (non-hydrogen) atoms. The Morgan fingerprint density at radius 2 is 1.50 bits per heavy atom. The zero-order valence-corrected chi connectivity index (χ0v) is 16.7. The number of halogens is 1. The van der Waals surface area contributed by atoms with Crippen LogP contribution in [0.2, 0.25) is 0 Å². The summed E-state index contributed by atoms with van der Waals surface area (Å²) in [7, 11) is 4.12. The van der Waals surface area contributed by atoms with Crippen molar-refractivity contribution in [3.63, 3.8) is 0 Å². The number of unbranched alkanes of at least 4 members (excludes halogenated alkanes) is 9. The van der Waals surface area contributed by atoms with E-state index >= 15 is 0 Å². The van der Waals surface area contributed by atoms with Crippen molar-refractivity contribution in [3.8, 4) is 0 Å². The van der Waals surface area contributed by atoms with Crippen molar-refractivity contribution in [2.24, 2.45) is 0 Å². The third kappa shape index (κ3) is 11.7. The lowest BCUT2D eigenvalue weighted by molar-refractivity contribution is -0.732. The highest BCUT2D eigenvalue weighted by molar-refractivity contribution is 5.39. The molecule has 0 aliphatic carbocycles. The molecule has 4 heteroatoms. The van der Waals surface area contributed by atoms with Crippen LogP contribution in [-0.4, -0.2) is 20.7 Å². The van der Waals surface area contributed by atoms with Gasteiger partial charge in [-0.15, -0.1) is 0 Å². The molecule has 0 bridgehead atoms. The number of rotatable bonds is 14. The number of hydrogen-bond donors (Lipinski definition) is 0. The van der Waals surface area contributed by atoms with Crippen LogP contribution in [0.25, 0.3) is 0 Å². The maximum atomic E-state index is 5.77. The van der Waals surface area contributed by atoms with Crippen LogP contribution < -0.4 is 21.9 Å². The molecule has 1 rings (SSSR count). The monoisotopic (exact) mass is 356 g/mol. The summed E-state index contributed by atoms with van der Waals surface area (Å²) in [6.45, 7) is 3.80. The minimum atomic E-state index is 0. The fourth-order valence-corrected chi connectivity index (χ4v) is 2.71. The van der Waals surface area contributed by atoms with Gasteiger partial charge in [0, 0.05) is 20.2 Å². The quantitative estimate of drug-likeness (QED) is 0.374. The summed E-state index contributed by atoms with van der Waals surface area (Å²) < 4.78 is 7.87. The van der Waals surface area contributed by atoms with Crippen molar-refractivity contribution >= 4 is 5.69 Å². The van der Waals surface area contributed by atoms with Gasteiger partial charge in [0.05, 0.1) is 6.61 Å². The lowest BCUT2D eigenvalue weighted by Gasteiger charge is -2.10. The molecule has 1 aromatic heterocycles. The van der Waals surface area contributed by atoms with E-state index in [-0.39, 0.29) is 12.4 Å². The molecular formula is C20H37ClN2O. The molecule has 0 unspecified atom stereocenters. The van der Waals surface area contributed by atoms with Crippen molar-refractivity contribution in [1.29, 1.82) is 0 Å². The average Bonchev–Trinajstić information content (AvgIpc) is 2.56. The fraction of sp³-hybridized carbons (Fsp3) is 0.750. The first kappa shape index (κ1) is 23.2. The van der Waals surface area contributed by atoms with Gasteiger partial charge in [-0.05, 0) is 12.5 Å². The molecule has 140 valence electrons. The predicted molar refractivity (Wildman–Crippen MR) is 98.8 cm³/mol.